The van der Waals surface area contributed by atoms with Crippen LogP contribution in [0, 0.1) is 0 Å². The molecule has 1 rings (SSSR count). The fraction of sp³-hybridized carbons (Fsp3) is 0.500. The van der Waals surface area contributed by atoms with Crippen LogP contribution < -0.4 is 11.2 Å². The third kappa shape index (κ3) is 0.667. The Kier molecular flexibility index (Phi) is 0.906. The van der Waals surface area contributed by atoms with Crippen LogP contribution in [0.4, 0.5) is 0 Å². The van der Waals surface area contributed by atoms with E-state index in [1.807, 2.05) is 13.1 Å². The van der Waals surface area contributed by atoms with Crippen molar-refractivity contribution in [3.8, 4) is 0 Å². The summed E-state index contributed by atoms with van der Waals surface area (Å²) < 4.78 is 0. The van der Waals surface area contributed by atoms with Crippen LogP contribution >= 0.6 is 0 Å². The lowest BCUT2D eigenvalue weighted by Crippen LogP contribution is -2.30. The van der Waals surface area contributed by atoms with Crippen molar-refractivity contribution in [3.63, 3.8) is 0 Å². The fourth-order valence-corrected chi connectivity index (χ4v) is 0.515. The molecule has 1 aliphatic rings. The van der Waals surface area contributed by atoms with Crippen LogP contribution in [0.1, 0.15) is 0 Å². The summed E-state index contributed by atoms with van der Waals surface area (Å²) in [6.07, 6.45) is 1.93. The quantitative estimate of drug-likeness (QED) is 0.419. The Hall–Kier alpha value is -0.700. The Bertz CT molecular complexity index is 97.1. The molecular weight excluding hydrogens is 90.1 g/mol. The van der Waals surface area contributed by atoms with Crippen LogP contribution in [0.2, 0.25) is 0 Å². The van der Waals surface area contributed by atoms with Gasteiger partial charge in [0.2, 0.25) is 0 Å². The molecule has 7 heavy (non-hydrogen) atoms. The lowest BCUT2D eigenvalue weighted by molar-refractivity contribution is 0.342. The maximum atomic E-state index is 5.40. The Morgan fingerprint density at radius 3 is 2.86 bits per heavy atom. The van der Waals surface area contributed by atoms with Crippen molar-refractivity contribution in [2.45, 2.75) is 0 Å². The summed E-state index contributed by atoms with van der Waals surface area (Å²) in [5.74, 6) is 0.806. The second-order valence-corrected chi connectivity index (χ2v) is 1.55. The topological polar surface area (TPSA) is 41.3 Å². The van der Waals surface area contributed by atoms with Gasteiger partial charge in [-0.1, -0.05) is 0 Å². The summed E-state index contributed by atoms with van der Waals surface area (Å²) in [5.41, 5.74) is 8.39. The molecule has 0 saturated heterocycles. The molecular formula is C4H9N3. The number of rotatable bonds is 0. The summed E-state index contributed by atoms with van der Waals surface area (Å²) in [6, 6.07) is 0. The van der Waals surface area contributed by atoms with E-state index in [0.29, 0.717) is 0 Å². The molecule has 40 valence electrons. The molecule has 0 radical (unpaired) electrons. The van der Waals surface area contributed by atoms with Crippen molar-refractivity contribution < 1.29 is 0 Å². The molecule has 0 aromatic rings. The third-order valence-corrected chi connectivity index (χ3v) is 1.03. The zero-order valence-corrected chi connectivity index (χ0v) is 4.31. The van der Waals surface area contributed by atoms with Gasteiger partial charge in [-0.25, -0.2) is 5.43 Å². The van der Waals surface area contributed by atoms with Gasteiger partial charge >= 0.3 is 0 Å². The fourth-order valence-electron chi connectivity index (χ4n) is 0.515. The Morgan fingerprint density at radius 2 is 2.71 bits per heavy atom. The number of hydrazine groups is 1. The first-order chi connectivity index (χ1) is 3.30. The predicted molar refractivity (Wildman–Crippen MR) is 28.0 cm³/mol. The summed E-state index contributed by atoms with van der Waals surface area (Å²) in [4.78, 5) is 0. The van der Waals surface area contributed by atoms with Gasteiger partial charge in [0.1, 0.15) is 5.82 Å². The van der Waals surface area contributed by atoms with Gasteiger partial charge < -0.3 is 5.73 Å². The van der Waals surface area contributed by atoms with Gasteiger partial charge in [0.15, 0.2) is 0 Å². The molecule has 0 fully saturated rings. The number of nitrogens with one attached hydrogen (secondary N) is 1. The highest BCUT2D eigenvalue weighted by Crippen LogP contribution is 1.92. The minimum absolute atomic E-state index is 0.806. The van der Waals surface area contributed by atoms with Gasteiger partial charge in [-0.3, -0.25) is 5.01 Å². The molecule has 0 bridgehead atoms. The highest BCUT2D eigenvalue weighted by molar-refractivity contribution is 4.99. The van der Waals surface area contributed by atoms with Gasteiger partial charge in [-0.15, -0.1) is 0 Å². The van der Waals surface area contributed by atoms with Crippen LogP contribution in [0.3, 0.4) is 0 Å². The van der Waals surface area contributed by atoms with Crippen LogP contribution in [0.25, 0.3) is 0 Å². The van der Waals surface area contributed by atoms with E-state index in [-0.39, 0.29) is 0 Å². The molecule has 3 heteroatoms. The largest absolute Gasteiger partial charge is 0.385 e. The maximum absolute atomic E-state index is 5.40. The van der Waals surface area contributed by atoms with E-state index in [0.717, 1.165) is 12.4 Å². The molecule has 0 atom stereocenters. The second kappa shape index (κ2) is 1.42. The minimum Gasteiger partial charge on any atom is -0.385 e. The number of hydrogen-bond donors (Lipinski definition) is 2. The molecule has 0 aromatic carbocycles. The van der Waals surface area contributed by atoms with E-state index in [4.69, 9.17) is 5.73 Å². The van der Waals surface area contributed by atoms with E-state index < -0.39 is 0 Å². The average Bonchev–Trinajstić information content (AvgIpc) is 1.91. The molecule has 0 aromatic heterocycles. The lowest BCUT2D eigenvalue weighted by atomic mass is 10.6. The summed E-state index contributed by atoms with van der Waals surface area (Å²) in [6.45, 7) is 0.863. The van der Waals surface area contributed by atoms with Crippen LogP contribution in [-0.4, -0.2) is 18.6 Å². The van der Waals surface area contributed by atoms with E-state index in [2.05, 4.69) is 5.43 Å². The summed E-state index contributed by atoms with van der Waals surface area (Å²) >= 11 is 0. The molecule has 3 N–H and O–H groups in total. The summed E-state index contributed by atoms with van der Waals surface area (Å²) in [5, 5.41) is 1.79. The molecule has 0 spiro atoms. The third-order valence-electron chi connectivity index (χ3n) is 1.03. The maximum Gasteiger partial charge on any atom is 0.110 e. The van der Waals surface area contributed by atoms with Crippen molar-refractivity contribution in [2.75, 3.05) is 13.6 Å². The monoisotopic (exact) mass is 99.1 g/mol. The van der Waals surface area contributed by atoms with Crippen molar-refractivity contribution in [1.82, 2.24) is 10.4 Å². The van der Waals surface area contributed by atoms with Gasteiger partial charge in [-0.05, 0) is 6.08 Å². The Morgan fingerprint density at radius 1 is 2.00 bits per heavy atom. The Balaban J connectivity index is 2.54. The van der Waals surface area contributed by atoms with Gasteiger partial charge in [-0.2, -0.15) is 0 Å². The average molecular weight is 99.1 g/mol. The van der Waals surface area contributed by atoms with E-state index in [1.54, 1.807) is 5.01 Å². The lowest BCUT2D eigenvalue weighted by Gasteiger charge is -2.10. The summed E-state index contributed by atoms with van der Waals surface area (Å²) in [7, 11) is 1.89. The standard InChI is InChI=1S/C4H9N3/c1-7-4(5)2-3-6-7/h2,6H,3,5H2,1H3. The molecule has 1 heterocycles. The smallest absolute Gasteiger partial charge is 0.110 e. The zero-order chi connectivity index (χ0) is 5.28. The van der Waals surface area contributed by atoms with Crippen molar-refractivity contribution in [1.29, 1.82) is 0 Å². The molecule has 0 saturated carbocycles. The molecule has 3 nitrogen and oxygen atoms in total. The molecule has 0 amide bonds. The van der Waals surface area contributed by atoms with Crippen molar-refractivity contribution in [3.05, 3.63) is 11.9 Å². The van der Waals surface area contributed by atoms with Gasteiger partial charge in [0.25, 0.3) is 0 Å². The van der Waals surface area contributed by atoms with Gasteiger partial charge in [0.05, 0.1) is 0 Å². The first-order valence-electron chi connectivity index (χ1n) is 2.23. The van der Waals surface area contributed by atoms with Gasteiger partial charge in [0, 0.05) is 13.6 Å². The minimum atomic E-state index is 0.806. The zero-order valence-electron chi connectivity index (χ0n) is 4.31. The van der Waals surface area contributed by atoms with Crippen LogP contribution in [0.15, 0.2) is 11.9 Å². The predicted octanol–water partition coefficient (Wildman–Crippen LogP) is -0.763. The van der Waals surface area contributed by atoms with Crippen molar-refractivity contribution >= 4 is 0 Å². The Labute approximate surface area is 42.8 Å². The molecule has 0 unspecified atom stereocenters. The van der Waals surface area contributed by atoms with E-state index in [1.165, 1.54) is 0 Å². The number of nitrogens with two attached hydrogens (primary N) is 1. The number of nitrogens with zero attached hydrogens (tertiary/aromatic N) is 1. The molecule has 1 aliphatic heterocycles. The van der Waals surface area contributed by atoms with Crippen molar-refractivity contribution in [2.24, 2.45) is 5.73 Å². The van der Waals surface area contributed by atoms with E-state index >= 15 is 0 Å². The van der Waals surface area contributed by atoms with E-state index in [9.17, 15) is 0 Å². The number of hydrogen-bond acceptors (Lipinski definition) is 3. The molecule has 0 aliphatic carbocycles. The van der Waals surface area contributed by atoms with Crippen LogP contribution in [0.5, 0.6) is 0 Å². The highest BCUT2D eigenvalue weighted by atomic mass is 15.5. The second-order valence-electron chi connectivity index (χ2n) is 1.55. The first kappa shape index (κ1) is 4.46. The first-order valence-corrected chi connectivity index (χ1v) is 2.23. The van der Waals surface area contributed by atoms with Crippen LogP contribution in [-0.2, 0) is 0 Å². The SMILES string of the molecule is CN1NCC=C1N. The normalized spacial score (nSPS) is 20.1. The highest BCUT2D eigenvalue weighted by Gasteiger charge is 2.02.